The van der Waals surface area contributed by atoms with Crippen LogP contribution in [0.25, 0.3) is 0 Å². The Hall–Kier alpha value is -2.85. The highest BCUT2D eigenvalue weighted by Crippen LogP contribution is 2.32. The predicted molar refractivity (Wildman–Crippen MR) is 119 cm³/mol. The van der Waals surface area contributed by atoms with Gasteiger partial charge in [0.15, 0.2) is 0 Å². The molecule has 0 unspecified atom stereocenters. The lowest BCUT2D eigenvalue weighted by atomic mass is 9.83. The molecule has 0 saturated carbocycles. The van der Waals surface area contributed by atoms with E-state index >= 15 is 0 Å². The molecule has 30 heavy (non-hydrogen) atoms. The van der Waals surface area contributed by atoms with Crippen LogP contribution in [0, 0.1) is 12.8 Å². The Morgan fingerprint density at radius 1 is 1.07 bits per heavy atom. The molecule has 1 aliphatic heterocycles. The number of rotatable bonds is 6. The zero-order valence-electron chi connectivity index (χ0n) is 17.8. The van der Waals surface area contributed by atoms with Crippen molar-refractivity contribution in [1.29, 1.82) is 0 Å². The number of likely N-dealkylation sites (tertiary alicyclic amines) is 1. The van der Waals surface area contributed by atoms with Crippen molar-refractivity contribution in [3.05, 3.63) is 95.4 Å². The second kappa shape index (κ2) is 9.31. The minimum Gasteiger partial charge on any atom is -0.467 e. The first-order valence-corrected chi connectivity index (χ1v) is 10.7. The van der Waals surface area contributed by atoms with Gasteiger partial charge in [0.05, 0.1) is 18.7 Å². The molecule has 0 spiro atoms. The number of aryl methyl sites for hydroxylation is 1. The highest BCUT2D eigenvalue weighted by Gasteiger charge is 2.34. The Bertz CT molecular complexity index is 952. The summed E-state index contributed by atoms with van der Waals surface area (Å²) in [6.07, 6.45) is 2.54. The van der Waals surface area contributed by atoms with Crippen LogP contribution < -0.4 is 0 Å². The fraction of sp³-hybridized carbons (Fsp3) is 0.346. The lowest BCUT2D eigenvalue weighted by Gasteiger charge is -2.38. The largest absolute Gasteiger partial charge is 0.467 e. The van der Waals surface area contributed by atoms with Crippen molar-refractivity contribution in [2.45, 2.75) is 32.4 Å². The van der Waals surface area contributed by atoms with Gasteiger partial charge < -0.3 is 9.32 Å². The van der Waals surface area contributed by atoms with E-state index in [1.54, 1.807) is 6.26 Å². The number of hydrogen-bond donors (Lipinski definition) is 0. The first-order chi connectivity index (χ1) is 14.6. The molecule has 0 N–H and O–H groups in total. The van der Waals surface area contributed by atoms with E-state index in [9.17, 15) is 4.79 Å². The number of piperidine rings is 1. The van der Waals surface area contributed by atoms with Crippen molar-refractivity contribution in [3.8, 4) is 0 Å². The van der Waals surface area contributed by atoms with E-state index in [0.717, 1.165) is 31.8 Å². The number of nitrogens with zero attached hydrogens (tertiary/aromatic N) is 2. The summed E-state index contributed by atoms with van der Waals surface area (Å²) in [5.41, 5.74) is 3.89. The molecule has 1 amide bonds. The Balaban J connectivity index is 1.53. The highest BCUT2D eigenvalue weighted by atomic mass is 16.3. The van der Waals surface area contributed by atoms with Gasteiger partial charge in [-0.15, -0.1) is 0 Å². The molecule has 4 heteroatoms. The quantitative estimate of drug-likeness (QED) is 0.591. The molecule has 156 valence electrons. The molecule has 0 bridgehead atoms. The second-order valence-electron chi connectivity index (χ2n) is 8.50. The lowest BCUT2D eigenvalue weighted by molar-refractivity contribution is -0.137. The molecule has 1 aliphatic rings. The number of carbonyl (C=O) groups is 1. The van der Waals surface area contributed by atoms with Gasteiger partial charge >= 0.3 is 0 Å². The zero-order valence-corrected chi connectivity index (χ0v) is 17.8. The third-order valence-electron chi connectivity index (χ3n) is 5.99. The number of carbonyl (C=O) groups excluding carboxylic acids is 1. The zero-order chi connectivity index (χ0) is 20.9. The van der Waals surface area contributed by atoms with E-state index in [2.05, 4.69) is 60.4 Å². The van der Waals surface area contributed by atoms with Crippen molar-refractivity contribution < 1.29 is 9.21 Å². The summed E-state index contributed by atoms with van der Waals surface area (Å²) >= 11 is 0. The molecular weight excluding hydrogens is 372 g/mol. The minimum atomic E-state index is -0.0204. The van der Waals surface area contributed by atoms with Crippen molar-refractivity contribution in [3.63, 3.8) is 0 Å². The Labute approximate surface area is 179 Å². The van der Waals surface area contributed by atoms with Gasteiger partial charge in [-0.1, -0.05) is 60.2 Å². The monoisotopic (exact) mass is 402 g/mol. The van der Waals surface area contributed by atoms with Crippen LogP contribution in [-0.2, 0) is 17.9 Å². The van der Waals surface area contributed by atoms with Gasteiger partial charge in [0.25, 0.3) is 0 Å². The van der Waals surface area contributed by atoms with Crippen LogP contribution in [0.3, 0.4) is 0 Å². The minimum absolute atomic E-state index is 0.0204. The van der Waals surface area contributed by atoms with Gasteiger partial charge in [-0.05, 0) is 42.5 Å². The van der Waals surface area contributed by atoms with Crippen LogP contribution in [0.2, 0.25) is 0 Å². The fourth-order valence-corrected chi connectivity index (χ4v) is 4.53. The predicted octanol–water partition coefficient (Wildman–Crippen LogP) is 4.85. The van der Waals surface area contributed by atoms with Crippen LogP contribution >= 0.6 is 0 Å². The molecular formula is C26H30N2O2. The molecule has 2 heterocycles. The van der Waals surface area contributed by atoms with Crippen molar-refractivity contribution in [2.24, 2.45) is 5.92 Å². The van der Waals surface area contributed by atoms with E-state index < -0.39 is 0 Å². The molecule has 1 saturated heterocycles. The van der Waals surface area contributed by atoms with E-state index in [4.69, 9.17) is 4.42 Å². The number of benzene rings is 2. The van der Waals surface area contributed by atoms with Gasteiger partial charge in [-0.25, -0.2) is 0 Å². The molecule has 0 aliphatic carbocycles. The average molecular weight is 403 g/mol. The Kier molecular flexibility index (Phi) is 6.34. The summed E-state index contributed by atoms with van der Waals surface area (Å²) in [5, 5.41) is 0. The topological polar surface area (TPSA) is 36.7 Å². The van der Waals surface area contributed by atoms with Crippen LogP contribution in [0.15, 0.2) is 77.4 Å². The van der Waals surface area contributed by atoms with E-state index in [0.29, 0.717) is 12.5 Å². The van der Waals surface area contributed by atoms with Crippen LogP contribution in [0.1, 0.15) is 34.8 Å². The molecule has 1 aromatic heterocycles. The number of amides is 1. The van der Waals surface area contributed by atoms with Crippen LogP contribution in [-0.4, -0.2) is 35.8 Å². The second-order valence-corrected chi connectivity index (χ2v) is 8.50. The normalized spacial score (nSPS) is 19.5. The fourth-order valence-electron chi connectivity index (χ4n) is 4.53. The van der Waals surface area contributed by atoms with Crippen LogP contribution in [0.4, 0.5) is 0 Å². The SMILES string of the molecule is Cc1cccc([C@H]2C[C@@H](C(=O)N(C)Cc3ccco3)CN(Cc3ccccc3)C2)c1. The highest BCUT2D eigenvalue weighted by molar-refractivity contribution is 5.79. The Morgan fingerprint density at radius 3 is 2.63 bits per heavy atom. The number of furan rings is 1. The average Bonchev–Trinajstić information content (AvgIpc) is 3.26. The molecule has 0 radical (unpaired) electrons. The maximum Gasteiger partial charge on any atom is 0.227 e. The third-order valence-corrected chi connectivity index (χ3v) is 5.99. The van der Waals surface area contributed by atoms with Crippen molar-refractivity contribution in [1.82, 2.24) is 9.80 Å². The molecule has 2 atom stereocenters. The maximum absolute atomic E-state index is 13.3. The third kappa shape index (κ3) is 5.00. The van der Waals surface area contributed by atoms with Gasteiger partial charge in [-0.3, -0.25) is 9.69 Å². The molecule has 4 rings (SSSR count). The first-order valence-electron chi connectivity index (χ1n) is 10.7. The summed E-state index contributed by atoms with van der Waals surface area (Å²) in [7, 11) is 1.88. The van der Waals surface area contributed by atoms with Gasteiger partial charge in [0.1, 0.15) is 5.76 Å². The van der Waals surface area contributed by atoms with Crippen molar-refractivity contribution in [2.75, 3.05) is 20.1 Å². The van der Waals surface area contributed by atoms with E-state index in [1.165, 1.54) is 16.7 Å². The summed E-state index contributed by atoms with van der Waals surface area (Å²) in [6, 6.07) is 23.0. The van der Waals surface area contributed by atoms with Gasteiger partial charge in [-0.2, -0.15) is 0 Å². The van der Waals surface area contributed by atoms with Gasteiger partial charge in [0, 0.05) is 26.7 Å². The first kappa shape index (κ1) is 20.4. The van der Waals surface area contributed by atoms with Crippen LogP contribution in [0.5, 0.6) is 0 Å². The maximum atomic E-state index is 13.3. The van der Waals surface area contributed by atoms with E-state index in [1.807, 2.05) is 30.1 Å². The molecule has 2 aromatic carbocycles. The molecule has 1 fully saturated rings. The Morgan fingerprint density at radius 2 is 1.90 bits per heavy atom. The summed E-state index contributed by atoms with van der Waals surface area (Å²) < 4.78 is 5.44. The van der Waals surface area contributed by atoms with E-state index in [-0.39, 0.29) is 11.8 Å². The summed E-state index contributed by atoms with van der Waals surface area (Å²) in [6.45, 7) is 5.28. The smallest absolute Gasteiger partial charge is 0.227 e. The number of hydrogen-bond acceptors (Lipinski definition) is 3. The lowest BCUT2D eigenvalue weighted by Crippen LogP contribution is -2.45. The molecule has 4 nitrogen and oxygen atoms in total. The summed E-state index contributed by atoms with van der Waals surface area (Å²) in [4.78, 5) is 17.6. The molecule has 3 aromatic rings. The van der Waals surface area contributed by atoms with Gasteiger partial charge in [0.2, 0.25) is 5.91 Å². The van der Waals surface area contributed by atoms with Crippen molar-refractivity contribution >= 4 is 5.91 Å². The standard InChI is InChI=1S/C26H30N2O2/c1-20-8-6-11-22(14-20)23-15-24(26(29)27(2)19-25-12-7-13-30-25)18-28(17-23)16-21-9-4-3-5-10-21/h3-14,23-24H,15-19H2,1-2H3/t23-,24+/m0/s1. The summed E-state index contributed by atoms with van der Waals surface area (Å²) in [5.74, 6) is 1.35.